The first-order chi connectivity index (χ1) is 16.3. The minimum Gasteiger partial charge on any atom is -0.481 e. The molecule has 7 nitrogen and oxygen atoms in total. The number of hydrogen-bond acceptors (Lipinski definition) is 4. The van der Waals surface area contributed by atoms with E-state index in [4.69, 9.17) is 4.74 Å². The van der Waals surface area contributed by atoms with E-state index in [9.17, 15) is 19.5 Å². The second kappa shape index (κ2) is 8.46. The Kier molecular flexibility index (Phi) is 5.58. The Hall–Kier alpha value is -3.35. The molecule has 2 heterocycles. The van der Waals surface area contributed by atoms with Crippen molar-refractivity contribution in [2.45, 2.75) is 38.6 Å². The molecule has 4 aliphatic rings. The number of alkyl carbamates (subject to hydrolysis) is 1. The highest BCUT2D eigenvalue weighted by molar-refractivity contribution is 5.85. The molecule has 3 unspecified atom stereocenters. The Balaban J connectivity index is 1.13. The van der Waals surface area contributed by atoms with Crippen LogP contribution in [0.25, 0.3) is 11.1 Å². The molecule has 2 aromatic carbocycles. The fourth-order valence-electron chi connectivity index (χ4n) is 5.84. The summed E-state index contributed by atoms with van der Waals surface area (Å²) in [6.07, 6.45) is 0.720. The molecule has 178 valence electrons. The zero-order valence-corrected chi connectivity index (χ0v) is 19.5. The first kappa shape index (κ1) is 22.4. The average molecular weight is 463 g/mol. The summed E-state index contributed by atoms with van der Waals surface area (Å²) in [5.41, 5.74) is 3.98. The number of carbonyl (C=O) groups excluding carboxylic acids is 2. The van der Waals surface area contributed by atoms with Crippen molar-refractivity contribution >= 4 is 18.0 Å². The quantitative estimate of drug-likeness (QED) is 0.651. The number of hydrogen-bond donors (Lipinski definition) is 2. The second-order valence-electron chi connectivity index (χ2n) is 10.3. The number of amides is 2. The molecule has 1 saturated carbocycles. The van der Waals surface area contributed by atoms with E-state index in [2.05, 4.69) is 29.6 Å². The van der Waals surface area contributed by atoms with Crippen molar-refractivity contribution in [3.05, 3.63) is 59.7 Å². The van der Waals surface area contributed by atoms with E-state index in [-0.39, 0.29) is 30.4 Å². The van der Waals surface area contributed by atoms with E-state index in [0.29, 0.717) is 19.5 Å². The molecular weight excluding hydrogens is 432 g/mol. The maximum absolute atomic E-state index is 13.1. The number of carbonyl (C=O) groups is 3. The van der Waals surface area contributed by atoms with Gasteiger partial charge in [-0.3, -0.25) is 9.59 Å². The van der Waals surface area contributed by atoms with Crippen molar-refractivity contribution in [3.8, 4) is 11.1 Å². The van der Waals surface area contributed by atoms with Crippen LogP contribution in [0, 0.1) is 17.3 Å². The van der Waals surface area contributed by atoms with E-state index in [1.54, 1.807) is 4.90 Å². The summed E-state index contributed by atoms with van der Waals surface area (Å²) in [6.45, 7) is 4.76. The van der Waals surface area contributed by atoms with Gasteiger partial charge < -0.3 is 20.1 Å². The number of nitrogens with one attached hydrogen (secondary N) is 1. The fourth-order valence-corrected chi connectivity index (χ4v) is 5.84. The molecule has 0 spiro atoms. The van der Waals surface area contributed by atoms with Crippen molar-refractivity contribution in [2.75, 3.05) is 19.7 Å². The molecule has 0 aromatic heterocycles. The van der Waals surface area contributed by atoms with Gasteiger partial charge in [-0.1, -0.05) is 62.4 Å². The van der Waals surface area contributed by atoms with Crippen molar-refractivity contribution < 1.29 is 24.2 Å². The Morgan fingerprint density at radius 2 is 1.68 bits per heavy atom. The third-order valence-corrected chi connectivity index (χ3v) is 7.79. The summed E-state index contributed by atoms with van der Waals surface area (Å²) in [5, 5.41) is 12.1. The van der Waals surface area contributed by atoms with Crippen LogP contribution in [-0.2, 0) is 14.3 Å². The summed E-state index contributed by atoms with van der Waals surface area (Å²) >= 11 is 0. The van der Waals surface area contributed by atoms with Gasteiger partial charge in [-0.2, -0.15) is 0 Å². The number of aliphatic carboxylic acids is 1. The predicted molar refractivity (Wildman–Crippen MR) is 126 cm³/mol. The zero-order chi connectivity index (χ0) is 24.0. The van der Waals surface area contributed by atoms with E-state index < -0.39 is 23.4 Å². The van der Waals surface area contributed by atoms with Crippen molar-refractivity contribution in [3.63, 3.8) is 0 Å². The average Bonchev–Trinajstić information content (AvgIpc) is 3.47. The lowest BCUT2D eigenvalue weighted by Gasteiger charge is -2.36. The summed E-state index contributed by atoms with van der Waals surface area (Å²) in [7, 11) is 0. The number of rotatable bonds is 7. The lowest BCUT2D eigenvalue weighted by Crippen LogP contribution is -2.48. The summed E-state index contributed by atoms with van der Waals surface area (Å²) in [5.74, 6) is -1.22. The molecule has 7 heteroatoms. The largest absolute Gasteiger partial charge is 0.481 e. The summed E-state index contributed by atoms with van der Waals surface area (Å²) < 4.78 is 5.57. The molecule has 0 radical (unpaired) electrons. The molecular formula is C27H30N2O5. The minimum absolute atomic E-state index is 0.00000371. The molecule has 2 aliphatic heterocycles. The summed E-state index contributed by atoms with van der Waals surface area (Å²) in [4.78, 5) is 38.6. The Bertz CT molecular complexity index is 1100. The van der Waals surface area contributed by atoms with Crippen LogP contribution in [0.4, 0.5) is 4.79 Å². The maximum Gasteiger partial charge on any atom is 0.407 e. The highest BCUT2D eigenvalue weighted by atomic mass is 16.5. The normalized spacial score (nSPS) is 22.5. The van der Waals surface area contributed by atoms with Crippen LogP contribution in [0.2, 0.25) is 0 Å². The van der Waals surface area contributed by atoms with E-state index in [1.165, 1.54) is 11.1 Å². The topological polar surface area (TPSA) is 95.9 Å². The highest BCUT2D eigenvalue weighted by Gasteiger charge is 2.58. The Labute approximate surface area is 199 Å². The van der Waals surface area contributed by atoms with Crippen molar-refractivity contribution in [2.24, 2.45) is 17.3 Å². The van der Waals surface area contributed by atoms with E-state index in [0.717, 1.165) is 17.5 Å². The van der Waals surface area contributed by atoms with Gasteiger partial charge in [-0.05, 0) is 41.0 Å². The van der Waals surface area contributed by atoms with Gasteiger partial charge in [0.25, 0.3) is 0 Å². The number of ether oxygens (including phenoxy) is 1. The molecule has 3 atom stereocenters. The first-order valence-electron chi connectivity index (χ1n) is 11.9. The third-order valence-electron chi connectivity index (χ3n) is 7.79. The smallest absolute Gasteiger partial charge is 0.407 e. The minimum atomic E-state index is -0.814. The van der Waals surface area contributed by atoms with Crippen LogP contribution in [-0.4, -0.2) is 53.7 Å². The predicted octanol–water partition coefficient (Wildman–Crippen LogP) is 3.87. The fraction of sp³-hybridized carbons (Fsp3) is 0.444. The first-order valence-corrected chi connectivity index (χ1v) is 11.9. The SMILES string of the molecule is CC(C)(CCNC(=O)OCC1c2ccccc2-c2ccccc21)C(=O)N1CC2CC1C2C(=O)O. The van der Waals surface area contributed by atoms with E-state index in [1.807, 2.05) is 38.1 Å². The van der Waals surface area contributed by atoms with Crippen LogP contribution in [0.5, 0.6) is 0 Å². The number of carboxylic acid groups (broad SMARTS) is 1. The van der Waals surface area contributed by atoms with Crippen molar-refractivity contribution in [1.82, 2.24) is 10.2 Å². The molecule has 2 aromatic rings. The molecule has 2 bridgehead atoms. The van der Waals surface area contributed by atoms with Gasteiger partial charge in [0.15, 0.2) is 0 Å². The van der Waals surface area contributed by atoms with Gasteiger partial charge in [-0.25, -0.2) is 4.79 Å². The zero-order valence-electron chi connectivity index (χ0n) is 19.5. The molecule has 2 amide bonds. The Morgan fingerprint density at radius 1 is 1.06 bits per heavy atom. The lowest BCUT2D eigenvalue weighted by atomic mass is 9.74. The molecule has 2 aliphatic carbocycles. The number of fused-ring (bicyclic) bond motifs is 4. The third kappa shape index (κ3) is 3.73. The molecule has 34 heavy (non-hydrogen) atoms. The van der Waals surface area contributed by atoms with Gasteiger partial charge in [0.1, 0.15) is 6.61 Å². The second-order valence-corrected chi connectivity index (χ2v) is 10.3. The van der Waals surface area contributed by atoms with Crippen LogP contribution in [0.15, 0.2) is 48.5 Å². The maximum atomic E-state index is 13.1. The molecule has 3 fully saturated rings. The lowest BCUT2D eigenvalue weighted by molar-refractivity contribution is -0.150. The van der Waals surface area contributed by atoms with Gasteiger partial charge in [-0.15, -0.1) is 0 Å². The van der Waals surface area contributed by atoms with Gasteiger partial charge in [0, 0.05) is 30.5 Å². The van der Waals surface area contributed by atoms with Crippen LogP contribution in [0.1, 0.15) is 43.7 Å². The molecule has 6 rings (SSSR count). The standard InChI is InChI=1S/C27H30N2O5/c1-27(2,25(32)29-14-16-13-22(29)23(16)24(30)31)11-12-28-26(33)34-15-21-19-9-5-3-7-17(19)18-8-4-6-10-20(18)21/h3-10,16,21-23H,11-15H2,1-2H3,(H,28,33)(H,30,31). The number of nitrogens with zero attached hydrogens (tertiary/aromatic N) is 1. The van der Waals surface area contributed by atoms with Gasteiger partial charge >= 0.3 is 12.1 Å². The van der Waals surface area contributed by atoms with Gasteiger partial charge in [0.05, 0.1) is 5.92 Å². The number of benzene rings is 2. The monoisotopic (exact) mass is 462 g/mol. The Morgan fingerprint density at radius 3 is 2.26 bits per heavy atom. The van der Waals surface area contributed by atoms with E-state index >= 15 is 0 Å². The summed E-state index contributed by atoms with van der Waals surface area (Å²) in [6, 6.07) is 16.2. The number of carboxylic acids is 1. The van der Waals surface area contributed by atoms with Crippen molar-refractivity contribution in [1.29, 1.82) is 0 Å². The van der Waals surface area contributed by atoms with Crippen LogP contribution < -0.4 is 5.32 Å². The molecule has 2 N–H and O–H groups in total. The molecule has 2 saturated heterocycles. The van der Waals surface area contributed by atoms with Crippen LogP contribution in [0.3, 0.4) is 0 Å². The van der Waals surface area contributed by atoms with Crippen LogP contribution >= 0.6 is 0 Å². The highest BCUT2D eigenvalue weighted by Crippen LogP contribution is 2.48. The van der Waals surface area contributed by atoms with Gasteiger partial charge in [0.2, 0.25) is 5.91 Å².